The van der Waals surface area contributed by atoms with E-state index >= 15 is 0 Å². The average molecular weight is 172 g/mol. The van der Waals surface area contributed by atoms with E-state index in [4.69, 9.17) is 0 Å². The Hall–Kier alpha value is -1.03. The van der Waals surface area contributed by atoms with Gasteiger partial charge in [0.25, 0.3) is 0 Å². The molecule has 0 heterocycles. The fourth-order valence-electron chi connectivity index (χ4n) is 0.595. The minimum absolute atomic E-state index is 0.360. The molecule has 12 heavy (non-hydrogen) atoms. The molecule has 0 saturated heterocycles. The number of aliphatic hydroxyl groups is 1. The largest absolute Gasteiger partial charge is 0.375 e. The second-order valence-corrected chi connectivity index (χ2v) is 2.93. The first-order valence-corrected chi connectivity index (χ1v) is 3.54. The minimum atomic E-state index is -2.01. The molecule has 0 radical (unpaired) electrons. The lowest BCUT2D eigenvalue weighted by Gasteiger charge is -2.16. The van der Waals surface area contributed by atoms with Crippen LogP contribution < -0.4 is 0 Å². The second-order valence-electron chi connectivity index (χ2n) is 2.93. The van der Waals surface area contributed by atoms with E-state index < -0.39 is 23.6 Å². The Bertz CT molecular complexity index is 227. The SMILES string of the molecule is CC(=O)CC(=O)C(C)(O)C(C)=O. The molecule has 0 aromatic heterocycles. The van der Waals surface area contributed by atoms with Crippen molar-refractivity contribution < 1.29 is 19.5 Å². The highest BCUT2D eigenvalue weighted by molar-refractivity contribution is 6.14. The van der Waals surface area contributed by atoms with E-state index in [1.54, 1.807) is 0 Å². The average Bonchev–Trinajstić information content (AvgIpc) is 1.85. The van der Waals surface area contributed by atoms with Gasteiger partial charge in [0, 0.05) is 0 Å². The topological polar surface area (TPSA) is 71.4 Å². The van der Waals surface area contributed by atoms with E-state index in [1.165, 1.54) is 6.92 Å². The number of rotatable bonds is 4. The van der Waals surface area contributed by atoms with Crippen molar-refractivity contribution in [3.8, 4) is 0 Å². The van der Waals surface area contributed by atoms with Crippen molar-refractivity contribution in [3.05, 3.63) is 0 Å². The van der Waals surface area contributed by atoms with Gasteiger partial charge in [0.15, 0.2) is 17.2 Å². The zero-order valence-electron chi connectivity index (χ0n) is 7.38. The predicted octanol–water partition coefficient (Wildman–Crippen LogP) is -0.125. The molecule has 1 N–H and O–H groups in total. The number of hydrogen-bond donors (Lipinski definition) is 1. The van der Waals surface area contributed by atoms with Gasteiger partial charge in [-0.15, -0.1) is 0 Å². The predicted molar refractivity (Wildman–Crippen MR) is 41.6 cm³/mol. The maximum atomic E-state index is 11.0. The molecular formula is C8H12O4. The fourth-order valence-corrected chi connectivity index (χ4v) is 0.595. The van der Waals surface area contributed by atoms with Gasteiger partial charge < -0.3 is 5.11 Å². The highest BCUT2D eigenvalue weighted by atomic mass is 16.3. The maximum absolute atomic E-state index is 11.0. The molecule has 0 aliphatic carbocycles. The fraction of sp³-hybridized carbons (Fsp3) is 0.625. The molecule has 0 aliphatic heterocycles. The summed E-state index contributed by atoms with van der Waals surface area (Å²) in [6.45, 7) is 3.44. The summed E-state index contributed by atoms with van der Waals surface area (Å²) < 4.78 is 0. The third kappa shape index (κ3) is 2.54. The van der Waals surface area contributed by atoms with E-state index in [0.717, 1.165) is 13.8 Å². The van der Waals surface area contributed by atoms with Crippen molar-refractivity contribution in [1.29, 1.82) is 0 Å². The molecule has 4 heteroatoms. The summed E-state index contributed by atoms with van der Waals surface area (Å²) >= 11 is 0. The van der Waals surface area contributed by atoms with Gasteiger partial charge in [0.05, 0.1) is 6.42 Å². The Morgan fingerprint density at radius 1 is 1.25 bits per heavy atom. The van der Waals surface area contributed by atoms with Gasteiger partial charge >= 0.3 is 0 Å². The lowest BCUT2D eigenvalue weighted by atomic mass is 9.93. The van der Waals surface area contributed by atoms with Crippen molar-refractivity contribution in [2.24, 2.45) is 0 Å². The molecular weight excluding hydrogens is 160 g/mol. The van der Waals surface area contributed by atoms with Gasteiger partial charge in [-0.2, -0.15) is 0 Å². The molecule has 1 atom stereocenters. The highest BCUT2D eigenvalue weighted by Gasteiger charge is 2.35. The van der Waals surface area contributed by atoms with Crippen molar-refractivity contribution in [2.75, 3.05) is 0 Å². The van der Waals surface area contributed by atoms with Crippen molar-refractivity contribution >= 4 is 17.3 Å². The van der Waals surface area contributed by atoms with Crippen LogP contribution in [0.4, 0.5) is 0 Å². The van der Waals surface area contributed by atoms with E-state index in [2.05, 4.69) is 0 Å². The Kier molecular flexibility index (Phi) is 3.27. The monoisotopic (exact) mass is 172 g/mol. The summed E-state index contributed by atoms with van der Waals surface area (Å²) in [6, 6.07) is 0. The van der Waals surface area contributed by atoms with E-state index in [0.29, 0.717) is 0 Å². The van der Waals surface area contributed by atoms with Gasteiger partial charge in [-0.1, -0.05) is 0 Å². The molecule has 0 amide bonds. The Morgan fingerprint density at radius 3 is 1.92 bits per heavy atom. The smallest absolute Gasteiger partial charge is 0.178 e. The van der Waals surface area contributed by atoms with E-state index in [1.807, 2.05) is 0 Å². The molecule has 0 bridgehead atoms. The first-order chi connectivity index (χ1) is 5.28. The van der Waals surface area contributed by atoms with Crippen LogP contribution >= 0.6 is 0 Å². The van der Waals surface area contributed by atoms with Gasteiger partial charge in [-0.3, -0.25) is 14.4 Å². The summed E-state index contributed by atoms with van der Waals surface area (Å²) in [5.41, 5.74) is -2.01. The summed E-state index contributed by atoms with van der Waals surface area (Å²) in [5.74, 6) is -1.75. The minimum Gasteiger partial charge on any atom is -0.375 e. The number of Topliss-reactive ketones (excluding diaryl/α,β-unsaturated/α-hetero) is 3. The Morgan fingerprint density at radius 2 is 1.67 bits per heavy atom. The Balaban J connectivity index is 4.47. The molecule has 0 spiro atoms. The quantitative estimate of drug-likeness (QED) is 0.600. The van der Waals surface area contributed by atoms with E-state index in [-0.39, 0.29) is 5.78 Å². The lowest BCUT2D eigenvalue weighted by Crippen LogP contribution is -2.42. The molecule has 68 valence electrons. The van der Waals surface area contributed by atoms with Crippen LogP contribution in [0.5, 0.6) is 0 Å². The number of carbonyl (C=O) groups excluding carboxylic acids is 3. The summed E-state index contributed by atoms with van der Waals surface area (Å²) in [7, 11) is 0. The Labute approximate surface area is 70.6 Å². The van der Waals surface area contributed by atoms with Crippen LogP contribution in [0.2, 0.25) is 0 Å². The molecule has 0 aromatic carbocycles. The standard InChI is InChI=1S/C8H12O4/c1-5(9)4-7(11)8(3,12)6(2)10/h12H,4H2,1-3H3. The number of hydrogen-bond acceptors (Lipinski definition) is 4. The van der Waals surface area contributed by atoms with Gasteiger partial charge in [-0.05, 0) is 20.8 Å². The van der Waals surface area contributed by atoms with Crippen LogP contribution in [0.25, 0.3) is 0 Å². The highest BCUT2D eigenvalue weighted by Crippen LogP contribution is 2.09. The van der Waals surface area contributed by atoms with Crippen molar-refractivity contribution in [3.63, 3.8) is 0 Å². The zero-order chi connectivity index (χ0) is 9.94. The summed E-state index contributed by atoms with van der Waals surface area (Å²) in [6.07, 6.45) is -0.396. The van der Waals surface area contributed by atoms with Crippen LogP contribution in [0.15, 0.2) is 0 Å². The van der Waals surface area contributed by atoms with Crippen LogP contribution in [-0.2, 0) is 14.4 Å². The second kappa shape index (κ2) is 3.58. The van der Waals surface area contributed by atoms with Crippen LogP contribution in [0.3, 0.4) is 0 Å². The number of ketones is 3. The molecule has 0 aromatic rings. The first kappa shape index (κ1) is 11.0. The third-order valence-corrected chi connectivity index (χ3v) is 1.64. The van der Waals surface area contributed by atoms with Crippen LogP contribution in [-0.4, -0.2) is 28.1 Å². The normalized spacial score (nSPS) is 15.0. The molecule has 4 nitrogen and oxygen atoms in total. The first-order valence-electron chi connectivity index (χ1n) is 3.54. The third-order valence-electron chi connectivity index (χ3n) is 1.64. The molecule has 0 fully saturated rings. The molecule has 1 unspecified atom stereocenters. The molecule has 0 saturated carbocycles. The van der Waals surface area contributed by atoms with Gasteiger partial charge in [-0.25, -0.2) is 0 Å². The lowest BCUT2D eigenvalue weighted by molar-refractivity contribution is -0.148. The van der Waals surface area contributed by atoms with Crippen molar-refractivity contribution in [2.45, 2.75) is 32.8 Å². The molecule has 0 rings (SSSR count). The molecule has 0 aliphatic rings. The van der Waals surface area contributed by atoms with Crippen LogP contribution in [0, 0.1) is 0 Å². The maximum Gasteiger partial charge on any atom is 0.178 e. The van der Waals surface area contributed by atoms with Crippen molar-refractivity contribution in [1.82, 2.24) is 0 Å². The van der Waals surface area contributed by atoms with Gasteiger partial charge in [0.1, 0.15) is 5.78 Å². The number of carbonyl (C=O) groups is 3. The summed E-state index contributed by atoms with van der Waals surface area (Å²) in [5, 5.41) is 9.26. The summed E-state index contributed by atoms with van der Waals surface area (Å²) in [4.78, 5) is 32.2. The van der Waals surface area contributed by atoms with Gasteiger partial charge in [0.2, 0.25) is 0 Å². The van der Waals surface area contributed by atoms with E-state index in [9.17, 15) is 19.5 Å². The van der Waals surface area contributed by atoms with Crippen LogP contribution in [0.1, 0.15) is 27.2 Å². The zero-order valence-corrected chi connectivity index (χ0v) is 7.38.